The SMILES string of the molecule is COc1cccc(N2C(=O)C(Sc3ccc(Cl)cc3)=C(c3ccccc3OC)C2=O)c1. The zero-order valence-electron chi connectivity index (χ0n) is 16.8. The third-order valence-corrected chi connectivity index (χ3v) is 6.11. The van der Waals surface area contributed by atoms with Crippen LogP contribution in [0.15, 0.2) is 82.6 Å². The van der Waals surface area contributed by atoms with Crippen LogP contribution in [0.25, 0.3) is 5.57 Å². The molecule has 0 unspecified atom stereocenters. The second-order valence-corrected chi connectivity index (χ2v) is 8.13. The second kappa shape index (κ2) is 8.88. The van der Waals surface area contributed by atoms with E-state index in [4.69, 9.17) is 21.1 Å². The van der Waals surface area contributed by atoms with Crippen molar-refractivity contribution in [3.63, 3.8) is 0 Å². The molecule has 31 heavy (non-hydrogen) atoms. The van der Waals surface area contributed by atoms with Gasteiger partial charge in [0.15, 0.2) is 0 Å². The molecule has 156 valence electrons. The van der Waals surface area contributed by atoms with Crippen molar-refractivity contribution in [2.45, 2.75) is 4.90 Å². The van der Waals surface area contributed by atoms with E-state index in [1.54, 1.807) is 54.6 Å². The van der Waals surface area contributed by atoms with Gasteiger partial charge >= 0.3 is 0 Å². The molecule has 0 atom stereocenters. The summed E-state index contributed by atoms with van der Waals surface area (Å²) in [6.45, 7) is 0. The maximum atomic E-state index is 13.6. The third kappa shape index (κ3) is 4.04. The minimum absolute atomic E-state index is 0.296. The first-order chi connectivity index (χ1) is 15.0. The summed E-state index contributed by atoms with van der Waals surface area (Å²) in [5.41, 5.74) is 1.30. The first kappa shape index (κ1) is 21.0. The van der Waals surface area contributed by atoms with Gasteiger partial charge in [-0.25, -0.2) is 4.90 Å². The number of anilines is 1. The number of hydrogen-bond donors (Lipinski definition) is 0. The lowest BCUT2D eigenvalue weighted by molar-refractivity contribution is -0.119. The highest BCUT2D eigenvalue weighted by molar-refractivity contribution is 8.04. The zero-order valence-corrected chi connectivity index (χ0v) is 18.4. The average Bonchev–Trinajstić information content (AvgIpc) is 3.04. The van der Waals surface area contributed by atoms with E-state index in [0.29, 0.717) is 38.3 Å². The first-order valence-corrected chi connectivity index (χ1v) is 10.6. The van der Waals surface area contributed by atoms with Crippen LogP contribution in [0.2, 0.25) is 5.02 Å². The maximum Gasteiger partial charge on any atom is 0.272 e. The molecule has 4 rings (SSSR count). The quantitative estimate of drug-likeness (QED) is 0.467. The minimum atomic E-state index is -0.417. The van der Waals surface area contributed by atoms with Crippen molar-refractivity contribution in [2.75, 3.05) is 19.1 Å². The zero-order chi connectivity index (χ0) is 22.0. The van der Waals surface area contributed by atoms with Gasteiger partial charge in [-0.1, -0.05) is 47.6 Å². The van der Waals surface area contributed by atoms with E-state index >= 15 is 0 Å². The predicted octanol–water partition coefficient (Wildman–Crippen LogP) is 5.43. The predicted molar refractivity (Wildman–Crippen MR) is 123 cm³/mol. The summed E-state index contributed by atoms with van der Waals surface area (Å²) in [7, 11) is 3.07. The Morgan fingerprint density at radius 1 is 0.839 bits per heavy atom. The first-order valence-electron chi connectivity index (χ1n) is 9.37. The molecular weight excluding hydrogens is 434 g/mol. The standard InChI is InChI=1S/C24H18ClNO4S/c1-29-17-7-5-6-16(14-17)26-23(27)21(19-8-3-4-9-20(19)30-2)22(24(26)28)31-18-12-10-15(25)11-13-18/h3-14H,1-2H3. The maximum absolute atomic E-state index is 13.6. The number of carbonyl (C=O) groups excluding carboxylic acids is 2. The summed E-state index contributed by atoms with van der Waals surface area (Å²) in [5.74, 6) is 0.245. The number of para-hydroxylation sites is 1. The molecule has 0 aliphatic carbocycles. The molecule has 5 nitrogen and oxygen atoms in total. The summed E-state index contributed by atoms with van der Waals surface area (Å²) in [4.78, 5) is 29.3. The Labute approximate surface area is 189 Å². The van der Waals surface area contributed by atoms with Crippen molar-refractivity contribution in [3.05, 3.63) is 88.3 Å². The number of halogens is 1. The molecule has 3 aromatic carbocycles. The molecule has 0 fully saturated rings. The number of nitrogens with zero attached hydrogens (tertiary/aromatic N) is 1. The summed E-state index contributed by atoms with van der Waals surface area (Å²) in [5, 5.41) is 0.593. The van der Waals surface area contributed by atoms with Crippen molar-refractivity contribution in [1.82, 2.24) is 0 Å². The molecule has 0 radical (unpaired) electrons. The number of methoxy groups -OCH3 is 2. The van der Waals surface area contributed by atoms with Gasteiger partial charge in [-0.05, 0) is 42.5 Å². The van der Waals surface area contributed by atoms with Crippen LogP contribution in [0.3, 0.4) is 0 Å². The monoisotopic (exact) mass is 451 g/mol. The molecule has 1 heterocycles. The highest BCUT2D eigenvalue weighted by Crippen LogP contribution is 2.44. The van der Waals surface area contributed by atoms with Crippen molar-refractivity contribution < 1.29 is 19.1 Å². The summed E-state index contributed by atoms with van der Waals surface area (Å²) >= 11 is 7.22. The van der Waals surface area contributed by atoms with Crippen LogP contribution in [0.1, 0.15) is 5.56 Å². The van der Waals surface area contributed by atoms with Crippen LogP contribution in [-0.2, 0) is 9.59 Å². The molecule has 0 spiro atoms. The van der Waals surface area contributed by atoms with E-state index in [1.165, 1.54) is 30.9 Å². The van der Waals surface area contributed by atoms with E-state index < -0.39 is 11.8 Å². The van der Waals surface area contributed by atoms with E-state index in [2.05, 4.69) is 0 Å². The second-order valence-electron chi connectivity index (χ2n) is 6.61. The van der Waals surface area contributed by atoms with E-state index in [1.807, 2.05) is 18.2 Å². The Bertz CT molecular complexity index is 1190. The molecule has 7 heteroatoms. The topological polar surface area (TPSA) is 55.8 Å². The fraction of sp³-hybridized carbons (Fsp3) is 0.0833. The van der Waals surface area contributed by atoms with Gasteiger partial charge in [0.05, 0.1) is 30.4 Å². The normalized spacial score (nSPS) is 13.7. The Balaban J connectivity index is 1.85. The van der Waals surface area contributed by atoms with Gasteiger partial charge in [0.1, 0.15) is 11.5 Å². The number of ether oxygens (including phenoxy) is 2. The number of thioether (sulfide) groups is 1. The van der Waals surface area contributed by atoms with Crippen LogP contribution in [-0.4, -0.2) is 26.0 Å². The van der Waals surface area contributed by atoms with Crippen LogP contribution >= 0.6 is 23.4 Å². The molecule has 1 aliphatic heterocycles. The van der Waals surface area contributed by atoms with Crippen molar-refractivity contribution >= 4 is 46.4 Å². The lowest BCUT2D eigenvalue weighted by Gasteiger charge is -2.16. The van der Waals surface area contributed by atoms with Crippen molar-refractivity contribution in [3.8, 4) is 11.5 Å². The van der Waals surface area contributed by atoms with Gasteiger partial charge in [-0.3, -0.25) is 9.59 Å². The number of hydrogen-bond acceptors (Lipinski definition) is 5. The van der Waals surface area contributed by atoms with E-state index in [9.17, 15) is 9.59 Å². The number of imide groups is 1. The van der Waals surface area contributed by atoms with Crippen molar-refractivity contribution in [2.24, 2.45) is 0 Å². The summed E-state index contributed by atoms with van der Waals surface area (Å²) < 4.78 is 10.7. The highest BCUT2D eigenvalue weighted by Gasteiger charge is 2.41. The molecule has 0 aromatic heterocycles. The number of amides is 2. The van der Waals surface area contributed by atoms with Crippen LogP contribution in [0.4, 0.5) is 5.69 Å². The van der Waals surface area contributed by atoms with Gasteiger partial charge in [0.25, 0.3) is 11.8 Å². The smallest absolute Gasteiger partial charge is 0.272 e. The largest absolute Gasteiger partial charge is 0.497 e. The molecule has 1 aliphatic rings. The number of benzene rings is 3. The minimum Gasteiger partial charge on any atom is -0.497 e. The Kier molecular flexibility index (Phi) is 6.02. The Morgan fingerprint density at radius 3 is 2.29 bits per heavy atom. The molecule has 0 N–H and O–H groups in total. The summed E-state index contributed by atoms with van der Waals surface area (Å²) in [6.07, 6.45) is 0. The molecule has 2 amide bonds. The van der Waals surface area contributed by atoms with Gasteiger partial charge < -0.3 is 9.47 Å². The highest BCUT2D eigenvalue weighted by atomic mass is 35.5. The fourth-order valence-corrected chi connectivity index (χ4v) is 4.41. The van der Waals surface area contributed by atoms with E-state index in [0.717, 1.165) is 4.90 Å². The third-order valence-electron chi connectivity index (χ3n) is 4.76. The van der Waals surface area contributed by atoms with Crippen LogP contribution in [0, 0.1) is 0 Å². The molecular formula is C24H18ClNO4S. The molecule has 0 bridgehead atoms. The van der Waals surface area contributed by atoms with Crippen LogP contribution in [0.5, 0.6) is 11.5 Å². The van der Waals surface area contributed by atoms with E-state index in [-0.39, 0.29) is 0 Å². The molecule has 0 saturated carbocycles. The van der Waals surface area contributed by atoms with Gasteiger partial charge in [-0.15, -0.1) is 0 Å². The average molecular weight is 452 g/mol. The van der Waals surface area contributed by atoms with Gasteiger partial charge in [0.2, 0.25) is 0 Å². The van der Waals surface area contributed by atoms with Gasteiger partial charge in [0, 0.05) is 21.5 Å². The number of carbonyl (C=O) groups is 2. The van der Waals surface area contributed by atoms with Gasteiger partial charge in [-0.2, -0.15) is 0 Å². The van der Waals surface area contributed by atoms with Crippen molar-refractivity contribution in [1.29, 1.82) is 0 Å². The molecule has 0 saturated heterocycles. The molecule has 3 aromatic rings. The lowest BCUT2D eigenvalue weighted by atomic mass is 10.0. The summed E-state index contributed by atoms with van der Waals surface area (Å²) in [6, 6.07) is 21.1. The Morgan fingerprint density at radius 2 is 1.58 bits per heavy atom. The number of rotatable bonds is 6. The Hall–Kier alpha value is -3.22. The lowest BCUT2D eigenvalue weighted by Crippen LogP contribution is -2.31. The fourth-order valence-electron chi connectivity index (χ4n) is 3.30. The van der Waals surface area contributed by atoms with Crippen LogP contribution < -0.4 is 14.4 Å².